The summed E-state index contributed by atoms with van der Waals surface area (Å²) in [5, 5.41) is 0. The molecule has 1 atom stereocenters. The summed E-state index contributed by atoms with van der Waals surface area (Å²) < 4.78 is 0.850. The molecule has 0 nitrogen and oxygen atoms in total. The van der Waals surface area contributed by atoms with Gasteiger partial charge < -0.3 is 0 Å². The predicted molar refractivity (Wildman–Crippen MR) is 177 cm³/mol. The Hall–Kier alpha value is 0.910. The van der Waals surface area contributed by atoms with Crippen LogP contribution in [-0.4, -0.2) is 23.1 Å². The summed E-state index contributed by atoms with van der Waals surface area (Å²) in [6.45, 7) is 9.36. The molecule has 0 fully saturated rings. The molecule has 0 saturated heterocycles. The highest BCUT2D eigenvalue weighted by molar-refractivity contribution is 9.11. The van der Waals surface area contributed by atoms with Crippen molar-refractivity contribution in [3.8, 4) is 0 Å². The molecule has 0 heterocycles. The molecule has 0 aromatic rings. The minimum Gasteiger partial charge on any atom is -0.0654 e. The lowest BCUT2D eigenvalue weighted by atomic mass is 10.1. The van der Waals surface area contributed by atoms with E-state index in [4.69, 9.17) is 0 Å². The maximum absolute atomic E-state index is 4.43. The van der Waals surface area contributed by atoms with Gasteiger partial charge >= 0.3 is 0 Å². The summed E-state index contributed by atoms with van der Waals surface area (Å²) in [5.74, 6) is 0. The fourth-order valence-electron chi connectivity index (χ4n) is 5.92. The van der Waals surface area contributed by atoms with Crippen LogP contribution in [0.1, 0.15) is 195 Å². The fourth-order valence-corrected chi connectivity index (χ4v) is 12.9. The quantitative estimate of drug-likeness (QED) is 0.0443. The summed E-state index contributed by atoms with van der Waals surface area (Å²) in [5.41, 5.74) is 0. The van der Waals surface area contributed by atoms with Crippen molar-refractivity contribution in [2.75, 3.05) is 18.5 Å². The van der Waals surface area contributed by atoms with E-state index < -0.39 is 7.26 Å². The van der Waals surface area contributed by atoms with Gasteiger partial charge in [-0.3, -0.25) is 0 Å². The summed E-state index contributed by atoms with van der Waals surface area (Å²) in [6, 6.07) is 0. The highest BCUT2D eigenvalue weighted by Gasteiger charge is 2.42. The van der Waals surface area contributed by atoms with Crippen molar-refractivity contribution in [1.29, 1.82) is 0 Å². The largest absolute Gasteiger partial charge is 0.123 e. The molecule has 0 aliphatic rings. The van der Waals surface area contributed by atoms with E-state index in [1.54, 1.807) is 18.5 Å². The van der Waals surface area contributed by atoms with Crippen LogP contribution in [0.5, 0.6) is 0 Å². The van der Waals surface area contributed by atoms with Gasteiger partial charge in [0.25, 0.3) is 0 Å². The van der Waals surface area contributed by atoms with E-state index in [9.17, 15) is 0 Å². The van der Waals surface area contributed by atoms with Crippen LogP contribution in [0.4, 0.5) is 0 Å². The third-order valence-corrected chi connectivity index (χ3v) is 16.6. The minimum atomic E-state index is -0.904. The van der Waals surface area contributed by atoms with Gasteiger partial charge in [0.15, 0.2) is 0 Å². The molecule has 2 heteroatoms. The molecule has 0 N–H and O–H groups in total. The molecule has 0 bridgehead atoms. The van der Waals surface area contributed by atoms with Crippen LogP contribution in [0.2, 0.25) is 0 Å². The molecule has 0 aromatic carbocycles. The molecule has 0 amide bonds. The average molecular weight is 591 g/mol. The number of alkyl halides is 1. The molecule has 0 spiro atoms. The Morgan fingerprint density at radius 1 is 0.361 bits per heavy atom. The van der Waals surface area contributed by atoms with Crippen LogP contribution in [0.25, 0.3) is 0 Å². The van der Waals surface area contributed by atoms with Gasteiger partial charge in [0.2, 0.25) is 0 Å². The highest BCUT2D eigenvalue weighted by atomic mass is 79.9. The second-order valence-corrected chi connectivity index (χ2v) is 18.3. The molecule has 1 unspecified atom stereocenters. The number of rotatable bonds is 30. The van der Waals surface area contributed by atoms with Gasteiger partial charge in [-0.1, -0.05) is 143 Å². The maximum Gasteiger partial charge on any atom is 0.123 e. The predicted octanol–water partition coefficient (Wildman–Crippen LogP) is 13.9. The SMILES string of the molecule is CCCCCCCCCC(Br)[P+](CCCCCCCC)(CCCCCCCC)CCCCCCCC. The van der Waals surface area contributed by atoms with Crippen molar-refractivity contribution in [3.05, 3.63) is 0 Å². The van der Waals surface area contributed by atoms with Gasteiger partial charge in [0.1, 0.15) is 4.57 Å². The van der Waals surface area contributed by atoms with E-state index in [1.807, 2.05) is 0 Å². The first-order valence-electron chi connectivity index (χ1n) is 17.2. The molecule has 0 aromatic heterocycles. The Kier molecular flexibility index (Phi) is 29.6. The zero-order valence-corrected chi connectivity index (χ0v) is 28.4. The van der Waals surface area contributed by atoms with E-state index in [2.05, 4.69) is 43.6 Å². The van der Waals surface area contributed by atoms with Gasteiger partial charge in [-0.05, 0) is 67.3 Å². The van der Waals surface area contributed by atoms with Crippen molar-refractivity contribution >= 4 is 23.2 Å². The van der Waals surface area contributed by atoms with Crippen molar-refractivity contribution in [2.45, 2.75) is 199 Å². The van der Waals surface area contributed by atoms with Crippen molar-refractivity contribution in [3.63, 3.8) is 0 Å². The van der Waals surface area contributed by atoms with Crippen molar-refractivity contribution in [2.24, 2.45) is 0 Å². The van der Waals surface area contributed by atoms with Crippen LogP contribution in [0, 0.1) is 0 Å². The average Bonchev–Trinajstić information content (AvgIpc) is 2.89. The van der Waals surface area contributed by atoms with E-state index in [0.717, 1.165) is 4.57 Å². The topological polar surface area (TPSA) is 0 Å². The molecule has 0 saturated carbocycles. The third kappa shape index (κ3) is 21.8. The zero-order valence-electron chi connectivity index (χ0n) is 25.9. The summed E-state index contributed by atoms with van der Waals surface area (Å²) in [4.78, 5) is 0. The van der Waals surface area contributed by atoms with Gasteiger partial charge in [-0.2, -0.15) is 0 Å². The molecule has 218 valence electrons. The van der Waals surface area contributed by atoms with Crippen LogP contribution in [-0.2, 0) is 0 Å². The van der Waals surface area contributed by atoms with Crippen molar-refractivity contribution in [1.82, 2.24) is 0 Å². The van der Waals surface area contributed by atoms with Crippen LogP contribution >= 0.6 is 23.2 Å². The normalized spacial score (nSPS) is 12.9. The van der Waals surface area contributed by atoms with E-state index >= 15 is 0 Å². The van der Waals surface area contributed by atoms with E-state index in [1.165, 1.54) is 167 Å². The molecule has 0 aliphatic heterocycles. The minimum absolute atomic E-state index is 0.850. The standard InChI is InChI=1S/C34H71BrP/c1-5-9-13-17-21-22-26-30-34(35)36(31-27-23-18-14-10-6-2,32-28-24-19-15-11-7-3)33-29-25-20-16-12-8-4/h34H,5-33H2,1-4H3/q+1. The fraction of sp³-hybridized carbons (Fsp3) is 1.00. The van der Waals surface area contributed by atoms with Gasteiger partial charge in [0, 0.05) is 7.26 Å². The lowest BCUT2D eigenvalue weighted by Crippen LogP contribution is -2.18. The molecule has 36 heavy (non-hydrogen) atoms. The summed E-state index contributed by atoms with van der Waals surface area (Å²) in [6.07, 6.45) is 42.7. The molecular formula is C34H71BrP+. The van der Waals surface area contributed by atoms with Crippen LogP contribution < -0.4 is 0 Å². The maximum atomic E-state index is 4.43. The summed E-state index contributed by atoms with van der Waals surface area (Å²) in [7, 11) is -0.904. The second-order valence-electron chi connectivity index (χ2n) is 12.0. The first-order valence-corrected chi connectivity index (χ1v) is 20.5. The Morgan fingerprint density at radius 2 is 0.611 bits per heavy atom. The summed E-state index contributed by atoms with van der Waals surface area (Å²) >= 11 is 4.43. The lowest BCUT2D eigenvalue weighted by Gasteiger charge is -2.33. The Morgan fingerprint density at radius 3 is 0.917 bits per heavy atom. The van der Waals surface area contributed by atoms with Crippen molar-refractivity contribution < 1.29 is 0 Å². The number of hydrogen-bond acceptors (Lipinski definition) is 0. The van der Waals surface area contributed by atoms with Gasteiger partial charge in [-0.15, -0.1) is 0 Å². The van der Waals surface area contributed by atoms with E-state index in [0.29, 0.717) is 0 Å². The first-order chi connectivity index (χ1) is 17.7. The van der Waals surface area contributed by atoms with Crippen LogP contribution in [0.3, 0.4) is 0 Å². The third-order valence-electron chi connectivity index (χ3n) is 8.51. The second kappa shape index (κ2) is 28.9. The highest BCUT2D eigenvalue weighted by Crippen LogP contribution is 2.68. The lowest BCUT2D eigenvalue weighted by molar-refractivity contribution is 0.582. The Labute approximate surface area is 240 Å². The smallest absolute Gasteiger partial charge is 0.0654 e. The van der Waals surface area contributed by atoms with E-state index in [-0.39, 0.29) is 0 Å². The Bertz CT molecular complexity index is 369. The van der Waals surface area contributed by atoms with Gasteiger partial charge in [-0.25, -0.2) is 0 Å². The monoisotopic (exact) mass is 589 g/mol. The number of unbranched alkanes of at least 4 members (excludes halogenated alkanes) is 21. The molecule has 0 rings (SSSR count). The first kappa shape index (κ1) is 36.9. The molecule has 0 aliphatic carbocycles. The molecule has 0 radical (unpaired) electrons. The Balaban J connectivity index is 4.96. The zero-order chi connectivity index (χ0) is 26.6. The molecular weight excluding hydrogens is 519 g/mol. The number of halogens is 1. The van der Waals surface area contributed by atoms with Crippen LogP contribution in [0.15, 0.2) is 0 Å². The van der Waals surface area contributed by atoms with Gasteiger partial charge in [0.05, 0.1) is 18.5 Å². The number of hydrogen-bond donors (Lipinski definition) is 0.